The molecule has 0 saturated carbocycles. The van der Waals surface area contributed by atoms with Crippen LogP contribution in [0.2, 0.25) is 5.02 Å². The van der Waals surface area contributed by atoms with Gasteiger partial charge < -0.3 is 15.4 Å². The van der Waals surface area contributed by atoms with E-state index in [4.69, 9.17) is 16.3 Å². The summed E-state index contributed by atoms with van der Waals surface area (Å²) in [5, 5.41) is 12.6. The van der Waals surface area contributed by atoms with E-state index in [9.17, 15) is 9.59 Å². The van der Waals surface area contributed by atoms with Crippen LogP contribution in [-0.2, 0) is 17.6 Å². The number of halogens is 1. The number of H-pyrrole nitrogens is 1. The monoisotopic (exact) mass is 396 g/mol. The molecule has 0 atom stereocenters. The van der Waals surface area contributed by atoms with E-state index in [1.54, 1.807) is 12.1 Å². The molecule has 2 heterocycles. The Morgan fingerprint density at radius 2 is 2.11 bits per heavy atom. The minimum Gasteiger partial charge on any atom is -0.482 e. The Bertz CT molecular complexity index is 1030. The van der Waals surface area contributed by atoms with Crippen molar-refractivity contribution in [3.05, 3.63) is 70.5 Å². The highest BCUT2D eigenvalue weighted by Gasteiger charge is 2.16. The zero-order valence-corrected chi connectivity index (χ0v) is 15.5. The molecule has 3 N–H and O–H groups in total. The minimum absolute atomic E-state index is 0.0285. The summed E-state index contributed by atoms with van der Waals surface area (Å²) in [7, 11) is 0. The Morgan fingerprint density at radius 3 is 2.93 bits per heavy atom. The van der Waals surface area contributed by atoms with Gasteiger partial charge in [0.15, 0.2) is 6.61 Å². The molecule has 1 aliphatic rings. The van der Waals surface area contributed by atoms with Crippen LogP contribution in [-0.4, -0.2) is 28.6 Å². The number of fused-ring (bicyclic) bond motifs is 1. The lowest BCUT2D eigenvalue weighted by Crippen LogP contribution is -2.25. The highest BCUT2D eigenvalue weighted by atomic mass is 35.5. The van der Waals surface area contributed by atoms with Gasteiger partial charge in [-0.2, -0.15) is 5.10 Å². The quantitative estimate of drug-likeness (QED) is 0.615. The Labute approximate surface area is 166 Å². The lowest BCUT2D eigenvalue weighted by Gasteiger charge is -2.18. The maximum absolute atomic E-state index is 12.2. The number of rotatable bonds is 5. The summed E-state index contributed by atoms with van der Waals surface area (Å²) in [5.41, 5.74) is 3.80. The molecule has 3 aromatic rings. The average Bonchev–Trinajstić information content (AvgIpc) is 3.23. The third-order valence-corrected chi connectivity index (χ3v) is 4.79. The fourth-order valence-electron chi connectivity index (χ4n) is 2.98. The average molecular weight is 397 g/mol. The number of aryl methyl sites for hydroxylation is 2. The fourth-order valence-corrected chi connectivity index (χ4v) is 3.19. The van der Waals surface area contributed by atoms with E-state index < -0.39 is 0 Å². The summed E-state index contributed by atoms with van der Waals surface area (Å²) >= 11 is 6.33. The number of amides is 2. The molecule has 0 unspecified atom stereocenters. The Hall–Kier alpha value is -3.32. The maximum Gasteiger partial charge on any atom is 0.262 e. The van der Waals surface area contributed by atoms with Crippen LogP contribution in [0.25, 0.3) is 0 Å². The van der Waals surface area contributed by atoms with Gasteiger partial charge in [-0.05, 0) is 54.3 Å². The van der Waals surface area contributed by atoms with Crippen LogP contribution in [0.15, 0.2) is 48.8 Å². The number of anilines is 2. The topological polar surface area (TPSA) is 96.1 Å². The van der Waals surface area contributed by atoms with Gasteiger partial charge in [0.1, 0.15) is 5.75 Å². The van der Waals surface area contributed by atoms with E-state index in [2.05, 4.69) is 20.8 Å². The highest BCUT2D eigenvalue weighted by molar-refractivity contribution is 6.31. The van der Waals surface area contributed by atoms with Crippen molar-refractivity contribution < 1.29 is 14.3 Å². The second-order valence-electron chi connectivity index (χ2n) is 6.41. The van der Waals surface area contributed by atoms with E-state index in [0.29, 0.717) is 34.1 Å². The number of carbonyl (C=O) groups excluding carboxylic acids is 2. The molecule has 0 radical (unpaired) electrons. The molecule has 0 saturated heterocycles. The van der Waals surface area contributed by atoms with Crippen molar-refractivity contribution in [3.8, 4) is 5.75 Å². The smallest absolute Gasteiger partial charge is 0.262 e. The molecule has 142 valence electrons. The SMILES string of the molecule is O=C1COc2cc(CCc3cc(NC(=O)c4cn[nH]c4)ccc3Cl)ccc2N1. The minimum atomic E-state index is -0.240. The van der Waals surface area contributed by atoms with Crippen molar-refractivity contribution in [2.75, 3.05) is 17.2 Å². The number of ether oxygens (including phenoxy) is 1. The summed E-state index contributed by atoms with van der Waals surface area (Å²) in [6, 6.07) is 11.1. The molecule has 1 aliphatic heterocycles. The maximum atomic E-state index is 12.2. The first-order valence-electron chi connectivity index (χ1n) is 8.72. The Morgan fingerprint density at radius 1 is 1.21 bits per heavy atom. The Balaban J connectivity index is 1.44. The molecule has 8 heteroatoms. The standard InChI is InChI=1S/C20H17ClN4O3/c21-16-5-4-15(24-20(27)14-9-22-23-10-14)8-13(16)3-1-12-2-6-17-18(7-12)28-11-19(26)25-17/h2,4-10H,1,3,11H2,(H,22,23)(H,24,27)(H,25,26). The summed E-state index contributed by atoms with van der Waals surface area (Å²) in [6.45, 7) is 0.0285. The number of hydrogen-bond donors (Lipinski definition) is 3. The lowest BCUT2D eigenvalue weighted by atomic mass is 10.0. The number of hydrogen-bond acceptors (Lipinski definition) is 4. The molecule has 0 fully saturated rings. The van der Waals surface area contributed by atoms with E-state index >= 15 is 0 Å². The summed E-state index contributed by atoms with van der Waals surface area (Å²) in [6.07, 6.45) is 4.43. The van der Waals surface area contributed by atoms with E-state index in [-0.39, 0.29) is 18.4 Å². The van der Waals surface area contributed by atoms with Crippen LogP contribution in [0, 0.1) is 0 Å². The van der Waals surface area contributed by atoms with Gasteiger partial charge in [-0.15, -0.1) is 0 Å². The van der Waals surface area contributed by atoms with Crippen molar-refractivity contribution >= 4 is 34.8 Å². The first-order chi connectivity index (χ1) is 13.6. The number of carbonyl (C=O) groups is 2. The van der Waals surface area contributed by atoms with Gasteiger partial charge >= 0.3 is 0 Å². The summed E-state index contributed by atoms with van der Waals surface area (Å²) in [5.74, 6) is 0.279. The molecule has 4 rings (SSSR count). The van der Waals surface area contributed by atoms with Crippen LogP contribution in [0.3, 0.4) is 0 Å². The van der Waals surface area contributed by atoms with Crippen molar-refractivity contribution in [2.24, 2.45) is 0 Å². The third-order valence-electron chi connectivity index (χ3n) is 4.43. The molecular weight excluding hydrogens is 380 g/mol. The number of nitrogens with zero attached hydrogens (tertiary/aromatic N) is 1. The predicted molar refractivity (Wildman–Crippen MR) is 106 cm³/mol. The molecule has 0 spiro atoms. The second kappa shape index (κ2) is 7.74. The molecular formula is C20H17ClN4O3. The highest BCUT2D eigenvalue weighted by Crippen LogP contribution is 2.29. The van der Waals surface area contributed by atoms with Gasteiger partial charge in [0.05, 0.1) is 17.4 Å². The van der Waals surface area contributed by atoms with Gasteiger partial charge in [-0.1, -0.05) is 17.7 Å². The van der Waals surface area contributed by atoms with Gasteiger partial charge in [-0.3, -0.25) is 14.7 Å². The first-order valence-corrected chi connectivity index (χ1v) is 9.10. The van der Waals surface area contributed by atoms with Gasteiger partial charge in [0.25, 0.3) is 11.8 Å². The first kappa shape index (κ1) is 18.1. The zero-order chi connectivity index (χ0) is 19.5. The lowest BCUT2D eigenvalue weighted by molar-refractivity contribution is -0.118. The number of aromatic amines is 1. The van der Waals surface area contributed by atoms with E-state index in [0.717, 1.165) is 17.5 Å². The van der Waals surface area contributed by atoms with Crippen molar-refractivity contribution in [2.45, 2.75) is 12.8 Å². The summed E-state index contributed by atoms with van der Waals surface area (Å²) in [4.78, 5) is 23.5. The van der Waals surface area contributed by atoms with Crippen molar-refractivity contribution in [1.82, 2.24) is 10.2 Å². The van der Waals surface area contributed by atoms with Crippen LogP contribution >= 0.6 is 11.6 Å². The zero-order valence-electron chi connectivity index (χ0n) is 14.8. The molecule has 2 aromatic carbocycles. The molecule has 28 heavy (non-hydrogen) atoms. The molecule has 0 aliphatic carbocycles. The van der Waals surface area contributed by atoms with Crippen LogP contribution in [0.5, 0.6) is 5.75 Å². The van der Waals surface area contributed by atoms with Crippen molar-refractivity contribution in [1.29, 1.82) is 0 Å². The van der Waals surface area contributed by atoms with Gasteiger partial charge in [0.2, 0.25) is 0 Å². The largest absolute Gasteiger partial charge is 0.482 e. The molecule has 2 amide bonds. The molecule has 1 aromatic heterocycles. The molecule has 7 nitrogen and oxygen atoms in total. The van der Waals surface area contributed by atoms with Crippen LogP contribution in [0.1, 0.15) is 21.5 Å². The number of nitrogens with one attached hydrogen (secondary N) is 3. The molecule has 0 bridgehead atoms. The van der Waals surface area contributed by atoms with Crippen LogP contribution in [0.4, 0.5) is 11.4 Å². The van der Waals surface area contributed by atoms with Crippen LogP contribution < -0.4 is 15.4 Å². The van der Waals surface area contributed by atoms with Crippen molar-refractivity contribution in [3.63, 3.8) is 0 Å². The Kier molecular flexibility index (Phi) is 4.99. The predicted octanol–water partition coefficient (Wildman–Crippen LogP) is 3.43. The number of benzene rings is 2. The van der Waals surface area contributed by atoms with E-state index in [1.165, 1.54) is 12.4 Å². The third kappa shape index (κ3) is 3.99. The van der Waals surface area contributed by atoms with Gasteiger partial charge in [0, 0.05) is 16.9 Å². The van der Waals surface area contributed by atoms with Gasteiger partial charge in [-0.25, -0.2) is 0 Å². The summed E-state index contributed by atoms with van der Waals surface area (Å²) < 4.78 is 5.46. The fraction of sp³-hybridized carbons (Fsp3) is 0.150. The normalized spacial score (nSPS) is 12.7. The number of aromatic nitrogens is 2. The van der Waals surface area contributed by atoms with E-state index in [1.807, 2.05) is 24.3 Å². The second-order valence-corrected chi connectivity index (χ2v) is 6.82.